The number of H-pyrrole nitrogens is 1. The lowest BCUT2D eigenvalue weighted by molar-refractivity contribution is 0.464. The SMILES string of the molecule is CCNC(=NCc1cccc(Cn2ccnc2C)c1)N(C)Cc1ncc(-c2ccccc2)[nH]1.I. The molecule has 0 bridgehead atoms. The van der Waals surface area contributed by atoms with Crippen molar-refractivity contribution in [1.82, 2.24) is 29.7 Å². The van der Waals surface area contributed by atoms with E-state index in [0.717, 1.165) is 42.0 Å². The topological polar surface area (TPSA) is 74.1 Å². The van der Waals surface area contributed by atoms with E-state index in [4.69, 9.17) is 4.99 Å². The lowest BCUT2D eigenvalue weighted by atomic mass is 10.1. The Hall–Kier alpha value is -3.14. The van der Waals surface area contributed by atoms with Crippen molar-refractivity contribution in [2.24, 2.45) is 4.99 Å². The van der Waals surface area contributed by atoms with Gasteiger partial charge in [0.15, 0.2) is 5.96 Å². The van der Waals surface area contributed by atoms with Crippen LogP contribution >= 0.6 is 24.0 Å². The number of hydrogen-bond acceptors (Lipinski definition) is 3. The Morgan fingerprint density at radius 1 is 1.09 bits per heavy atom. The first-order valence-electron chi connectivity index (χ1n) is 11.3. The van der Waals surface area contributed by atoms with Gasteiger partial charge in [-0.1, -0.05) is 54.6 Å². The maximum atomic E-state index is 4.87. The second-order valence-corrected chi connectivity index (χ2v) is 8.06. The van der Waals surface area contributed by atoms with E-state index in [9.17, 15) is 0 Å². The summed E-state index contributed by atoms with van der Waals surface area (Å²) in [5.41, 5.74) is 4.57. The Kier molecular flexibility index (Phi) is 9.26. The number of rotatable bonds is 8. The van der Waals surface area contributed by atoms with E-state index in [1.54, 1.807) is 0 Å². The van der Waals surface area contributed by atoms with Crippen molar-refractivity contribution in [3.05, 3.63) is 96.0 Å². The number of nitrogens with zero attached hydrogens (tertiary/aromatic N) is 5. The molecule has 4 aromatic rings. The van der Waals surface area contributed by atoms with Gasteiger partial charge in [-0.05, 0) is 30.5 Å². The Bertz CT molecular complexity index is 1200. The zero-order valence-corrected chi connectivity index (χ0v) is 22.2. The number of aryl methyl sites for hydroxylation is 1. The summed E-state index contributed by atoms with van der Waals surface area (Å²) in [7, 11) is 2.03. The fourth-order valence-electron chi connectivity index (χ4n) is 3.74. The summed E-state index contributed by atoms with van der Waals surface area (Å²) in [6.07, 6.45) is 5.73. The van der Waals surface area contributed by atoms with Crippen LogP contribution in [0.25, 0.3) is 11.3 Å². The molecule has 2 N–H and O–H groups in total. The summed E-state index contributed by atoms with van der Waals surface area (Å²) < 4.78 is 2.15. The standard InChI is InChI=1S/C26H31N7.HI/c1-4-27-26(32(3)19-25-29-17-24(31-25)23-11-6-5-7-12-23)30-16-21-9-8-10-22(15-21)18-33-14-13-28-20(33)2;/h5-15,17H,4,16,18-19H2,1-3H3,(H,27,30)(H,29,31);1H. The van der Waals surface area contributed by atoms with Gasteiger partial charge in [-0.25, -0.2) is 15.0 Å². The minimum Gasteiger partial charge on any atom is -0.357 e. The molecule has 0 saturated heterocycles. The molecule has 0 fully saturated rings. The second-order valence-electron chi connectivity index (χ2n) is 8.06. The molecule has 2 aromatic carbocycles. The van der Waals surface area contributed by atoms with Crippen LogP contribution in [0.2, 0.25) is 0 Å². The molecule has 0 aliphatic heterocycles. The first-order chi connectivity index (χ1) is 16.1. The third-order valence-corrected chi connectivity index (χ3v) is 5.48. The Labute approximate surface area is 218 Å². The van der Waals surface area contributed by atoms with Crippen LogP contribution in [0.3, 0.4) is 0 Å². The minimum atomic E-state index is 0. The van der Waals surface area contributed by atoms with Crippen LogP contribution in [-0.4, -0.2) is 44.0 Å². The molecule has 34 heavy (non-hydrogen) atoms. The molecule has 0 aliphatic carbocycles. The van der Waals surface area contributed by atoms with E-state index in [1.165, 1.54) is 11.1 Å². The number of guanidine groups is 1. The third-order valence-electron chi connectivity index (χ3n) is 5.48. The molecule has 2 heterocycles. The predicted molar refractivity (Wildman–Crippen MR) is 148 cm³/mol. The van der Waals surface area contributed by atoms with Crippen LogP contribution in [-0.2, 0) is 19.6 Å². The number of aliphatic imine (C=N–C) groups is 1. The van der Waals surface area contributed by atoms with E-state index >= 15 is 0 Å². The molecule has 2 aromatic heterocycles. The van der Waals surface area contributed by atoms with E-state index in [0.29, 0.717) is 13.1 Å². The number of halogens is 1. The third kappa shape index (κ3) is 6.69. The van der Waals surface area contributed by atoms with Gasteiger partial charge in [-0.2, -0.15) is 0 Å². The molecule has 8 heteroatoms. The normalized spacial score (nSPS) is 11.2. The molecule has 0 saturated carbocycles. The summed E-state index contributed by atoms with van der Waals surface area (Å²) in [6, 6.07) is 18.8. The average Bonchev–Trinajstić information content (AvgIpc) is 3.46. The number of benzene rings is 2. The molecule has 0 unspecified atom stereocenters. The van der Waals surface area contributed by atoms with Crippen molar-refractivity contribution in [1.29, 1.82) is 0 Å². The molecule has 0 spiro atoms. The molecule has 4 rings (SSSR count). The molecular weight excluding hydrogens is 537 g/mol. The van der Waals surface area contributed by atoms with Gasteiger partial charge in [0.2, 0.25) is 0 Å². The number of aromatic nitrogens is 4. The fraction of sp³-hybridized carbons (Fsp3) is 0.269. The molecule has 0 aliphatic rings. The molecule has 0 amide bonds. The Morgan fingerprint density at radius 2 is 1.88 bits per heavy atom. The second kappa shape index (κ2) is 12.4. The minimum absolute atomic E-state index is 0. The summed E-state index contributed by atoms with van der Waals surface area (Å²) in [5.74, 6) is 2.77. The first kappa shape index (κ1) is 25.5. The van der Waals surface area contributed by atoms with Crippen molar-refractivity contribution in [3.63, 3.8) is 0 Å². The monoisotopic (exact) mass is 569 g/mol. The van der Waals surface area contributed by atoms with Crippen molar-refractivity contribution < 1.29 is 0 Å². The number of imidazole rings is 2. The van der Waals surface area contributed by atoms with Gasteiger partial charge in [-0.3, -0.25) is 0 Å². The zero-order valence-electron chi connectivity index (χ0n) is 19.9. The van der Waals surface area contributed by atoms with Crippen LogP contribution in [0.4, 0.5) is 0 Å². The predicted octanol–water partition coefficient (Wildman–Crippen LogP) is 4.85. The van der Waals surface area contributed by atoms with Gasteiger partial charge in [0.1, 0.15) is 11.6 Å². The van der Waals surface area contributed by atoms with Crippen LogP contribution in [0.15, 0.2) is 78.2 Å². The van der Waals surface area contributed by atoms with Gasteiger partial charge in [-0.15, -0.1) is 24.0 Å². The van der Waals surface area contributed by atoms with Crippen LogP contribution in [0.1, 0.15) is 29.7 Å². The molecular formula is C26H32IN7. The summed E-state index contributed by atoms with van der Waals surface area (Å²) >= 11 is 0. The highest BCUT2D eigenvalue weighted by Crippen LogP contribution is 2.16. The number of hydrogen-bond donors (Lipinski definition) is 2. The Balaban J connectivity index is 0.00000324. The van der Waals surface area contributed by atoms with Crippen molar-refractivity contribution >= 4 is 29.9 Å². The molecule has 7 nitrogen and oxygen atoms in total. The largest absolute Gasteiger partial charge is 0.357 e. The van der Waals surface area contributed by atoms with Gasteiger partial charge < -0.3 is 19.8 Å². The van der Waals surface area contributed by atoms with Crippen molar-refractivity contribution in [3.8, 4) is 11.3 Å². The van der Waals surface area contributed by atoms with E-state index < -0.39 is 0 Å². The number of aromatic amines is 1. The number of nitrogens with one attached hydrogen (secondary N) is 2. The first-order valence-corrected chi connectivity index (χ1v) is 11.3. The van der Waals surface area contributed by atoms with Gasteiger partial charge in [0.05, 0.1) is 25.0 Å². The van der Waals surface area contributed by atoms with E-state index in [-0.39, 0.29) is 24.0 Å². The van der Waals surface area contributed by atoms with Crippen molar-refractivity contribution in [2.45, 2.75) is 33.5 Å². The smallest absolute Gasteiger partial charge is 0.194 e. The lowest BCUT2D eigenvalue weighted by Gasteiger charge is -2.21. The van der Waals surface area contributed by atoms with E-state index in [1.807, 2.05) is 50.8 Å². The quantitative estimate of drug-likeness (QED) is 0.181. The van der Waals surface area contributed by atoms with Crippen LogP contribution < -0.4 is 5.32 Å². The maximum absolute atomic E-state index is 4.87. The summed E-state index contributed by atoms with van der Waals surface area (Å²) in [4.78, 5) is 19.3. The molecule has 0 radical (unpaired) electrons. The summed E-state index contributed by atoms with van der Waals surface area (Å²) in [6.45, 7) is 6.96. The van der Waals surface area contributed by atoms with Crippen LogP contribution in [0.5, 0.6) is 0 Å². The highest BCUT2D eigenvalue weighted by molar-refractivity contribution is 14.0. The van der Waals surface area contributed by atoms with Gasteiger partial charge in [0, 0.05) is 32.5 Å². The van der Waals surface area contributed by atoms with Crippen LogP contribution in [0, 0.1) is 6.92 Å². The highest BCUT2D eigenvalue weighted by atomic mass is 127. The average molecular weight is 569 g/mol. The zero-order chi connectivity index (χ0) is 23.0. The van der Waals surface area contributed by atoms with E-state index in [2.05, 4.69) is 73.1 Å². The van der Waals surface area contributed by atoms with Crippen molar-refractivity contribution in [2.75, 3.05) is 13.6 Å². The fourth-order valence-corrected chi connectivity index (χ4v) is 3.74. The van der Waals surface area contributed by atoms with Gasteiger partial charge in [0.25, 0.3) is 0 Å². The molecule has 0 atom stereocenters. The Morgan fingerprint density at radius 3 is 2.62 bits per heavy atom. The summed E-state index contributed by atoms with van der Waals surface area (Å²) in [5, 5.41) is 3.39. The molecule has 178 valence electrons. The maximum Gasteiger partial charge on any atom is 0.194 e. The lowest BCUT2D eigenvalue weighted by Crippen LogP contribution is -2.38. The highest BCUT2D eigenvalue weighted by Gasteiger charge is 2.10. The van der Waals surface area contributed by atoms with Gasteiger partial charge >= 0.3 is 0 Å².